The number of carbonyl (C=O) groups is 2. The van der Waals surface area contributed by atoms with Crippen LogP contribution in [0.1, 0.15) is 42.7 Å². The Morgan fingerprint density at radius 2 is 1.97 bits per heavy atom. The summed E-state index contributed by atoms with van der Waals surface area (Å²) in [5.41, 5.74) is 2.70. The zero-order valence-electron chi connectivity index (χ0n) is 18.3. The second-order valence-electron chi connectivity index (χ2n) is 8.21. The molecule has 178 valence electrons. The number of hydrogen-bond donors (Lipinski definition) is 0. The predicted octanol–water partition coefficient (Wildman–Crippen LogP) is 5.92. The van der Waals surface area contributed by atoms with E-state index in [0.717, 1.165) is 5.56 Å². The van der Waals surface area contributed by atoms with Gasteiger partial charge in [0.1, 0.15) is 0 Å². The van der Waals surface area contributed by atoms with E-state index in [9.17, 15) is 19.7 Å². The lowest BCUT2D eigenvalue weighted by Crippen LogP contribution is -2.40. The molecule has 1 aliphatic heterocycles. The van der Waals surface area contributed by atoms with Crippen LogP contribution in [-0.2, 0) is 15.3 Å². The van der Waals surface area contributed by atoms with Gasteiger partial charge in [-0.15, -0.1) is 10.2 Å². The third kappa shape index (κ3) is 4.73. The maximum Gasteiger partial charge on any atom is 0.269 e. The van der Waals surface area contributed by atoms with Gasteiger partial charge in [-0.3, -0.25) is 24.6 Å². The third-order valence-electron chi connectivity index (χ3n) is 6.05. The summed E-state index contributed by atoms with van der Waals surface area (Å²) in [5, 5.41) is 20.9. The molecule has 0 spiro atoms. The number of nitro groups is 1. The van der Waals surface area contributed by atoms with Crippen LogP contribution < -0.4 is 4.90 Å². The van der Waals surface area contributed by atoms with E-state index in [1.807, 2.05) is 24.3 Å². The van der Waals surface area contributed by atoms with Crippen molar-refractivity contribution < 1.29 is 14.5 Å². The molecule has 2 aromatic carbocycles. The fourth-order valence-electron chi connectivity index (χ4n) is 4.46. The Bertz CT molecular complexity index is 1370. The fourth-order valence-corrected chi connectivity index (χ4v) is 6.63. The number of halogens is 1. The number of Topliss-reactive ketones (excluding diaryl/α,β-unsaturated/α-hetero) is 1. The van der Waals surface area contributed by atoms with E-state index in [1.54, 1.807) is 12.1 Å². The topological polar surface area (TPSA) is 106 Å². The van der Waals surface area contributed by atoms with E-state index in [1.165, 1.54) is 40.1 Å². The Morgan fingerprint density at radius 3 is 2.77 bits per heavy atom. The number of rotatable bonds is 6. The number of hydrogen-bond acceptors (Lipinski definition) is 8. The molecular weight excluding hydrogens is 508 g/mol. The molecular formula is C24H19ClN4O4S2. The Kier molecular flexibility index (Phi) is 6.68. The minimum atomic E-state index is -0.511. The largest absolute Gasteiger partial charge is 0.294 e. The monoisotopic (exact) mass is 526 g/mol. The minimum Gasteiger partial charge on any atom is -0.294 e. The van der Waals surface area contributed by atoms with Gasteiger partial charge < -0.3 is 0 Å². The Hall–Kier alpha value is -3.08. The first-order valence-electron chi connectivity index (χ1n) is 11.0. The summed E-state index contributed by atoms with van der Waals surface area (Å²) in [7, 11) is 0. The zero-order chi connectivity index (χ0) is 24.5. The molecule has 11 heteroatoms. The standard InChI is InChI=1S/C24H19ClN4O4S2/c25-18-8-2-1-5-15(18)13-34-24-27-26-23(35-24)28-19-9-4-10-20(30)22(19)17(12-21(28)31)14-6-3-7-16(11-14)29(32)33/h1-3,5-8,11,17H,4,9-10,12-13H2/t17-/m0/s1. The molecule has 0 saturated carbocycles. The van der Waals surface area contributed by atoms with Crippen LogP contribution in [0.3, 0.4) is 0 Å². The van der Waals surface area contributed by atoms with Crippen LogP contribution in [0.4, 0.5) is 10.8 Å². The summed E-state index contributed by atoms with van der Waals surface area (Å²) < 4.78 is 0.692. The van der Waals surface area contributed by atoms with Crippen molar-refractivity contribution in [1.29, 1.82) is 0 Å². The molecule has 5 rings (SSSR count). The number of allylic oxidation sites excluding steroid dienone is 2. The number of thioether (sulfide) groups is 1. The first-order valence-corrected chi connectivity index (χ1v) is 13.1. The SMILES string of the molecule is O=C1CCCC2=C1[C@H](c1cccc([N+](=O)[O-])c1)CC(=O)N2c1nnc(SCc2ccccc2Cl)s1. The molecule has 0 radical (unpaired) electrons. The van der Waals surface area contributed by atoms with Crippen LogP contribution in [0.5, 0.6) is 0 Å². The van der Waals surface area contributed by atoms with Crippen LogP contribution in [0.15, 0.2) is 64.1 Å². The number of aromatic nitrogens is 2. The highest BCUT2D eigenvalue weighted by Gasteiger charge is 2.41. The van der Waals surface area contributed by atoms with Crippen molar-refractivity contribution in [2.75, 3.05) is 4.90 Å². The van der Waals surface area contributed by atoms with E-state index < -0.39 is 10.8 Å². The number of carbonyl (C=O) groups excluding carboxylic acids is 2. The molecule has 1 aromatic heterocycles. The van der Waals surface area contributed by atoms with Crippen LogP contribution in [0.2, 0.25) is 5.02 Å². The molecule has 1 atom stereocenters. The lowest BCUT2D eigenvalue weighted by Gasteiger charge is -2.36. The molecule has 0 fully saturated rings. The molecule has 1 amide bonds. The second kappa shape index (κ2) is 9.88. The summed E-state index contributed by atoms with van der Waals surface area (Å²) in [4.78, 5) is 38.7. The van der Waals surface area contributed by atoms with Gasteiger partial charge in [0.25, 0.3) is 5.69 Å². The van der Waals surface area contributed by atoms with Gasteiger partial charge in [-0.05, 0) is 30.0 Å². The van der Waals surface area contributed by atoms with Gasteiger partial charge in [0, 0.05) is 52.9 Å². The summed E-state index contributed by atoms with van der Waals surface area (Å²) in [6.07, 6.45) is 1.62. The van der Waals surface area contributed by atoms with Gasteiger partial charge in [-0.1, -0.05) is 65.0 Å². The van der Waals surface area contributed by atoms with Crippen LogP contribution in [0.25, 0.3) is 0 Å². The molecule has 0 saturated heterocycles. The lowest BCUT2D eigenvalue weighted by atomic mass is 9.77. The molecule has 35 heavy (non-hydrogen) atoms. The van der Waals surface area contributed by atoms with E-state index in [4.69, 9.17) is 11.6 Å². The van der Waals surface area contributed by atoms with Gasteiger partial charge >= 0.3 is 0 Å². The number of non-ortho nitro benzene ring substituents is 1. The van der Waals surface area contributed by atoms with Crippen LogP contribution in [0, 0.1) is 10.1 Å². The Balaban J connectivity index is 1.46. The highest BCUT2D eigenvalue weighted by Crippen LogP contribution is 2.45. The van der Waals surface area contributed by atoms with Crippen LogP contribution in [-0.4, -0.2) is 26.8 Å². The van der Waals surface area contributed by atoms with E-state index in [-0.39, 0.29) is 23.8 Å². The molecule has 0 bridgehead atoms. The number of anilines is 1. The molecule has 2 heterocycles. The van der Waals surface area contributed by atoms with Crippen molar-refractivity contribution in [3.8, 4) is 0 Å². The van der Waals surface area contributed by atoms with Gasteiger partial charge in [-0.2, -0.15) is 0 Å². The van der Waals surface area contributed by atoms with Gasteiger partial charge in [0.2, 0.25) is 11.0 Å². The highest BCUT2D eigenvalue weighted by molar-refractivity contribution is 8.00. The molecule has 0 unspecified atom stereocenters. The summed E-state index contributed by atoms with van der Waals surface area (Å²) in [5.74, 6) is -0.126. The van der Waals surface area contributed by atoms with E-state index in [2.05, 4.69) is 10.2 Å². The number of nitro benzene ring substituents is 1. The van der Waals surface area contributed by atoms with Gasteiger partial charge in [0.15, 0.2) is 10.1 Å². The number of nitrogens with zero attached hydrogens (tertiary/aromatic N) is 4. The van der Waals surface area contributed by atoms with E-state index in [0.29, 0.717) is 56.3 Å². The van der Waals surface area contributed by atoms with Crippen molar-refractivity contribution in [2.45, 2.75) is 41.7 Å². The smallest absolute Gasteiger partial charge is 0.269 e. The fraction of sp³-hybridized carbons (Fsp3) is 0.250. The lowest BCUT2D eigenvalue weighted by molar-refractivity contribution is -0.384. The zero-order valence-corrected chi connectivity index (χ0v) is 20.7. The Labute approximate surface area is 214 Å². The highest BCUT2D eigenvalue weighted by atomic mass is 35.5. The summed E-state index contributed by atoms with van der Waals surface area (Å²) >= 11 is 9.02. The predicted molar refractivity (Wildman–Crippen MR) is 135 cm³/mol. The molecule has 2 aliphatic rings. The van der Waals surface area contributed by atoms with Crippen molar-refractivity contribution in [2.24, 2.45) is 0 Å². The molecule has 8 nitrogen and oxygen atoms in total. The normalized spacial score (nSPS) is 18.1. The van der Waals surface area contributed by atoms with Gasteiger partial charge in [0.05, 0.1) is 4.92 Å². The molecule has 3 aromatic rings. The molecule has 0 N–H and O–H groups in total. The second-order valence-corrected chi connectivity index (χ2v) is 10.8. The van der Waals surface area contributed by atoms with Crippen molar-refractivity contribution in [3.63, 3.8) is 0 Å². The average molecular weight is 527 g/mol. The van der Waals surface area contributed by atoms with Crippen molar-refractivity contribution in [3.05, 3.63) is 86.1 Å². The third-order valence-corrected chi connectivity index (χ3v) is 8.51. The minimum absolute atomic E-state index is 0.0295. The number of amides is 1. The van der Waals surface area contributed by atoms with Gasteiger partial charge in [-0.25, -0.2) is 0 Å². The van der Waals surface area contributed by atoms with E-state index >= 15 is 0 Å². The summed E-state index contributed by atoms with van der Waals surface area (Å²) in [6, 6.07) is 13.8. The molecule has 1 aliphatic carbocycles. The average Bonchev–Trinajstić information content (AvgIpc) is 3.31. The first kappa shape index (κ1) is 23.7. The summed E-state index contributed by atoms with van der Waals surface area (Å²) in [6.45, 7) is 0. The quantitative estimate of drug-likeness (QED) is 0.170. The van der Waals surface area contributed by atoms with Crippen molar-refractivity contribution >= 4 is 57.2 Å². The Morgan fingerprint density at radius 1 is 1.14 bits per heavy atom. The van der Waals surface area contributed by atoms with Crippen molar-refractivity contribution in [1.82, 2.24) is 10.2 Å². The maximum absolute atomic E-state index is 13.4. The number of benzene rings is 2. The number of ketones is 1. The van der Waals surface area contributed by atoms with Crippen LogP contribution >= 0.6 is 34.7 Å². The first-order chi connectivity index (χ1) is 16.9. The maximum atomic E-state index is 13.4.